The average Bonchev–Trinajstić information content (AvgIpc) is 2.33. The molecule has 1 saturated heterocycles. The van der Waals surface area contributed by atoms with Gasteiger partial charge in [-0.2, -0.15) is 0 Å². The summed E-state index contributed by atoms with van der Waals surface area (Å²) in [6.07, 6.45) is 2.99. The molecule has 4 N–H and O–H groups in total. The van der Waals surface area contributed by atoms with Crippen LogP contribution in [0.3, 0.4) is 0 Å². The van der Waals surface area contributed by atoms with Crippen LogP contribution in [0.2, 0.25) is 0 Å². The van der Waals surface area contributed by atoms with E-state index < -0.39 is 0 Å². The number of hydrogen-bond acceptors (Lipinski definition) is 3. The van der Waals surface area contributed by atoms with E-state index >= 15 is 0 Å². The molecule has 0 bridgehead atoms. The Morgan fingerprint density at radius 1 is 1.54 bits per heavy atom. The molecule has 0 spiro atoms. The number of hydrogen-bond donors (Lipinski definition) is 3. The first kappa shape index (κ1) is 10.5. The van der Waals surface area contributed by atoms with Crippen LogP contribution in [0.1, 0.15) is 19.3 Å². The number of carbonyl (C=O) groups is 1. The lowest BCUT2D eigenvalue weighted by Gasteiger charge is -2.20. The number of primary amides is 1. The van der Waals surface area contributed by atoms with Crippen LogP contribution in [0.4, 0.5) is 0 Å². The molecule has 1 heterocycles. The minimum absolute atomic E-state index is 0.111. The second-order valence-corrected chi connectivity index (χ2v) is 3.63. The third kappa shape index (κ3) is 2.97. The second-order valence-electron chi connectivity index (χ2n) is 3.63. The molecule has 0 aromatic rings. The average molecular weight is 186 g/mol. The van der Waals surface area contributed by atoms with Gasteiger partial charge in [-0.15, -0.1) is 0 Å². The summed E-state index contributed by atoms with van der Waals surface area (Å²) in [6.45, 7) is 1.82. The number of rotatable bonds is 3. The van der Waals surface area contributed by atoms with E-state index in [9.17, 15) is 4.79 Å². The molecular formula is C9H18N2O2. The molecule has 4 nitrogen and oxygen atoms in total. The van der Waals surface area contributed by atoms with Gasteiger partial charge in [-0.3, -0.25) is 4.79 Å². The lowest BCUT2D eigenvalue weighted by Crippen LogP contribution is -2.33. The molecule has 4 heteroatoms. The van der Waals surface area contributed by atoms with Crippen molar-refractivity contribution in [3.8, 4) is 0 Å². The minimum Gasteiger partial charge on any atom is -0.396 e. The van der Waals surface area contributed by atoms with Gasteiger partial charge in [0.2, 0.25) is 5.91 Å². The van der Waals surface area contributed by atoms with Crippen LogP contribution < -0.4 is 11.1 Å². The minimum atomic E-state index is -0.366. The maximum atomic E-state index is 11.0. The lowest BCUT2D eigenvalue weighted by molar-refractivity contribution is -0.125. The highest BCUT2D eigenvalue weighted by Crippen LogP contribution is 2.22. The number of carbonyl (C=O) groups excluding carboxylic acids is 1. The maximum absolute atomic E-state index is 11.0. The maximum Gasteiger partial charge on any atom is 0.223 e. The normalized spacial score (nSPS) is 26.4. The third-order valence-electron chi connectivity index (χ3n) is 2.75. The van der Waals surface area contributed by atoms with E-state index in [2.05, 4.69) is 5.32 Å². The fourth-order valence-electron chi connectivity index (χ4n) is 1.92. The van der Waals surface area contributed by atoms with Crippen LogP contribution >= 0.6 is 0 Å². The first-order chi connectivity index (χ1) is 6.25. The number of aliphatic hydroxyl groups excluding tert-OH is 1. The summed E-state index contributed by atoms with van der Waals surface area (Å²) in [7, 11) is 0. The van der Waals surface area contributed by atoms with Crippen molar-refractivity contribution in [1.29, 1.82) is 0 Å². The van der Waals surface area contributed by atoms with Gasteiger partial charge in [-0.1, -0.05) is 0 Å². The van der Waals surface area contributed by atoms with E-state index in [1.54, 1.807) is 0 Å². The molecule has 1 amide bonds. The summed E-state index contributed by atoms with van der Waals surface area (Å²) in [4.78, 5) is 11.0. The Hall–Kier alpha value is -0.610. The molecule has 2 atom stereocenters. The molecule has 0 radical (unpaired) electrons. The van der Waals surface area contributed by atoms with Gasteiger partial charge in [0.1, 0.15) is 0 Å². The summed E-state index contributed by atoms with van der Waals surface area (Å²) in [5.41, 5.74) is 5.21. The van der Waals surface area contributed by atoms with Crippen molar-refractivity contribution in [2.75, 3.05) is 19.7 Å². The number of aliphatic hydroxyl groups is 1. The van der Waals surface area contributed by atoms with Crippen molar-refractivity contribution in [3.05, 3.63) is 0 Å². The predicted octanol–water partition coefficient (Wildman–Crippen LogP) is -0.530. The molecular weight excluding hydrogens is 168 g/mol. The van der Waals surface area contributed by atoms with E-state index in [1.165, 1.54) is 0 Å². The Morgan fingerprint density at radius 2 is 2.31 bits per heavy atom. The van der Waals surface area contributed by atoms with Crippen molar-refractivity contribution in [2.45, 2.75) is 19.3 Å². The number of nitrogens with two attached hydrogens (primary N) is 1. The van der Waals surface area contributed by atoms with Crippen LogP contribution in [-0.4, -0.2) is 30.7 Å². The molecule has 1 fully saturated rings. The highest BCUT2D eigenvalue weighted by Gasteiger charge is 2.26. The molecule has 1 aliphatic rings. The zero-order valence-corrected chi connectivity index (χ0v) is 7.83. The number of amides is 1. The molecule has 2 unspecified atom stereocenters. The predicted molar refractivity (Wildman–Crippen MR) is 50.0 cm³/mol. The van der Waals surface area contributed by atoms with Crippen molar-refractivity contribution in [1.82, 2.24) is 5.32 Å². The molecule has 1 rings (SSSR count). The Kier molecular flexibility index (Phi) is 4.18. The van der Waals surface area contributed by atoms with Crippen molar-refractivity contribution in [3.63, 3.8) is 0 Å². The molecule has 0 aromatic carbocycles. The van der Waals surface area contributed by atoms with Crippen molar-refractivity contribution >= 4 is 5.91 Å². The second kappa shape index (κ2) is 5.19. The van der Waals surface area contributed by atoms with Gasteiger partial charge in [0.15, 0.2) is 0 Å². The van der Waals surface area contributed by atoms with Gasteiger partial charge in [-0.05, 0) is 38.3 Å². The molecule has 0 aliphatic carbocycles. The summed E-state index contributed by atoms with van der Waals surface area (Å²) < 4.78 is 0. The SMILES string of the molecule is NC(=O)C(CO)C1CCCNCC1. The van der Waals surface area contributed by atoms with Crippen molar-refractivity contribution < 1.29 is 9.90 Å². The van der Waals surface area contributed by atoms with Gasteiger partial charge in [0.25, 0.3) is 0 Å². The van der Waals surface area contributed by atoms with Crippen LogP contribution in [0.25, 0.3) is 0 Å². The van der Waals surface area contributed by atoms with E-state index in [0.29, 0.717) is 0 Å². The van der Waals surface area contributed by atoms with Crippen LogP contribution in [0, 0.1) is 11.8 Å². The van der Waals surface area contributed by atoms with E-state index in [0.717, 1.165) is 32.4 Å². The van der Waals surface area contributed by atoms with E-state index in [1.807, 2.05) is 0 Å². The van der Waals surface area contributed by atoms with Gasteiger partial charge in [0.05, 0.1) is 12.5 Å². The van der Waals surface area contributed by atoms with Crippen molar-refractivity contribution in [2.24, 2.45) is 17.6 Å². The van der Waals surface area contributed by atoms with Gasteiger partial charge >= 0.3 is 0 Å². The molecule has 0 aromatic heterocycles. The summed E-state index contributed by atoms with van der Waals surface area (Å²) in [5, 5.41) is 12.3. The molecule has 13 heavy (non-hydrogen) atoms. The Morgan fingerprint density at radius 3 is 2.92 bits per heavy atom. The standard InChI is InChI=1S/C9H18N2O2/c10-9(13)8(6-12)7-2-1-4-11-5-3-7/h7-8,11-12H,1-6H2,(H2,10,13). The topological polar surface area (TPSA) is 75.4 Å². The monoisotopic (exact) mass is 186 g/mol. The van der Waals surface area contributed by atoms with E-state index in [-0.39, 0.29) is 24.3 Å². The third-order valence-corrected chi connectivity index (χ3v) is 2.75. The zero-order valence-electron chi connectivity index (χ0n) is 7.83. The fourth-order valence-corrected chi connectivity index (χ4v) is 1.92. The quantitative estimate of drug-likeness (QED) is 0.554. The Balaban J connectivity index is 2.50. The molecule has 0 saturated carbocycles. The Labute approximate surface area is 78.5 Å². The van der Waals surface area contributed by atoms with E-state index in [4.69, 9.17) is 10.8 Å². The highest BCUT2D eigenvalue weighted by molar-refractivity contribution is 5.77. The molecule has 1 aliphatic heterocycles. The van der Waals surface area contributed by atoms with Crippen LogP contribution in [0.5, 0.6) is 0 Å². The lowest BCUT2D eigenvalue weighted by atomic mass is 9.86. The first-order valence-corrected chi connectivity index (χ1v) is 4.86. The zero-order chi connectivity index (χ0) is 9.68. The fraction of sp³-hybridized carbons (Fsp3) is 0.889. The highest BCUT2D eigenvalue weighted by atomic mass is 16.3. The summed E-state index contributed by atoms with van der Waals surface area (Å²) in [5.74, 6) is -0.452. The largest absolute Gasteiger partial charge is 0.396 e. The summed E-state index contributed by atoms with van der Waals surface area (Å²) in [6, 6.07) is 0. The van der Waals surface area contributed by atoms with Crippen LogP contribution in [-0.2, 0) is 4.79 Å². The number of nitrogens with one attached hydrogen (secondary N) is 1. The first-order valence-electron chi connectivity index (χ1n) is 4.86. The van der Waals surface area contributed by atoms with Gasteiger partial charge in [0, 0.05) is 0 Å². The molecule has 76 valence electrons. The summed E-state index contributed by atoms with van der Waals surface area (Å²) >= 11 is 0. The van der Waals surface area contributed by atoms with Gasteiger partial charge in [-0.25, -0.2) is 0 Å². The smallest absolute Gasteiger partial charge is 0.223 e. The van der Waals surface area contributed by atoms with Gasteiger partial charge < -0.3 is 16.2 Å². The van der Waals surface area contributed by atoms with Crippen LogP contribution in [0.15, 0.2) is 0 Å². The Bertz CT molecular complexity index is 165.